The Morgan fingerprint density at radius 1 is 1.69 bits per heavy atom. The van der Waals surface area contributed by atoms with E-state index < -0.39 is 12.0 Å². The highest BCUT2D eigenvalue weighted by Crippen LogP contribution is 2.19. The normalized spacial score (nSPS) is 12.5. The van der Waals surface area contributed by atoms with Crippen molar-refractivity contribution in [1.29, 1.82) is 0 Å². The molecule has 0 aliphatic heterocycles. The highest BCUT2D eigenvalue weighted by Gasteiger charge is 2.18. The molecule has 1 atom stereocenters. The summed E-state index contributed by atoms with van der Waals surface area (Å²) in [6, 6.07) is 2.12. The van der Waals surface area contributed by atoms with Crippen molar-refractivity contribution in [3.63, 3.8) is 0 Å². The van der Waals surface area contributed by atoms with Gasteiger partial charge in [0.15, 0.2) is 0 Å². The summed E-state index contributed by atoms with van der Waals surface area (Å²) in [7, 11) is 0. The lowest BCUT2D eigenvalue weighted by atomic mass is 10.2. The maximum absolute atomic E-state index is 10.5. The SMILES string of the molecule is Cc1ccc(Cl)c(C(N)C(=O)O)n1. The second-order valence-corrected chi connectivity index (χ2v) is 3.04. The number of carbonyl (C=O) groups is 1. The Balaban J connectivity index is 3.12. The second-order valence-electron chi connectivity index (χ2n) is 2.64. The molecule has 0 saturated carbocycles. The lowest BCUT2D eigenvalue weighted by molar-refractivity contribution is -0.138. The monoisotopic (exact) mass is 200 g/mol. The van der Waals surface area contributed by atoms with Gasteiger partial charge in [-0.3, -0.25) is 9.78 Å². The van der Waals surface area contributed by atoms with Crippen LogP contribution in [-0.2, 0) is 4.79 Å². The Labute approximate surface area is 80.3 Å². The first-order chi connectivity index (χ1) is 6.02. The molecule has 1 heterocycles. The van der Waals surface area contributed by atoms with Gasteiger partial charge in [0.05, 0.1) is 10.7 Å². The zero-order chi connectivity index (χ0) is 10.0. The summed E-state index contributed by atoms with van der Waals surface area (Å²) in [6.07, 6.45) is 0. The number of hydrogen-bond donors (Lipinski definition) is 2. The van der Waals surface area contributed by atoms with E-state index in [1.807, 2.05) is 0 Å². The van der Waals surface area contributed by atoms with Gasteiger partial charge in [-0.25, -0.2) is 0 Å². The third-order valence-electron chi connectivity index (χ3n) is 1.57. The summed E-state index contributed by atoms with van der Waals surface area (Å²) < 4.78 is 0. The second kappa shape index (κ2) is 3.72. The number of nitrogens with two attached hydrogens (primary N) is 1. The number of halogens is 1. The van der Waals surface area contributed by atoms with Crippen molar-refractivity contribution in [1.82, 2.24) is 4.98 Å². The Kier molecular flexibility index (Phi) is 2.85. The molecule has 13 heavy (non-hydrogen) atoms. The Hall–Kier alpha value is -1.13. The summed E-state index contributed by atoms with van der Waals surface area (Å²) in [5, 5.41) is 8.91. The van der Waals surface area contributed by atoms with Crippen molar-refractivity contribution in [2.45, 2.75) is 13.0 Å². The molecule has 5 heteroatoms. The molecule has 70 valence electrons. The van der Waals surface area contributed by atoms with Crippen LogP contribution in [0.3, 0.4) is 0 Å². The van der Waals surface area contributed by atoms with Crippen molar-refractivity contribution in [3.8, 4) is 0 Å². The number of carboxylic acid groups (broad SMARTS) is 1. The molecule has 0 bridgehead atoms. The van der Waals surface area contributed by atoms with E-state index in [2.05, 4.69) is 4.98 Å². The van der Waals surface area contributed by atoms with E-state index >= 15 is 0 Å². The van der Waals surface area contributed by atoms with Crippen LogP contribution in [0, 0.1) is 6.92 Å². The van der Waals surface area contributed by atoms with Crippen LogP contribution in [0.15, 0.2) is 12.1 Å². The Bertz CT molecular complexity index is 341. The van der Waals surface area contributed by atoms with Gasteiger partial charge in [0.25, 0.3) is 0 Å². The van der Waals surface area contributed by atoms with Crippen molar-refractivity contribution >= 4 is 17.6 Å². The number of aryl methyl sites for hydroxylation is 1. The molecule has 1 aromatic heterocycles. The molecule has 3 N–H and O–H groups in total. The van der Waals surface area contributed by atoms with Crippen molar-refractivity contribution in [2.75, 3.05) is 0 Å². The molecule has 1 rings (SSSR count). The van der Waals surface area contributed by atoms with Gasteiger partial charge in [-0.15, -0.1) is 0 Å². The van der Waals surface area contributed by atoms with Crippen molar-refractivity contribution < 1.29 is 9.90 Å². The zero-order valence-corrected chi connectivity index (χ0v) is 7.75. The van der Waals surface area contributed by atoms with Crippen LogP contribution in [0.5, 0.6) is 0 Å². The molecule has 0 aliphatic carbocycles. The van der Waals surface area contributed by atoms with E-state index in [0.29, 0.717) is 5.69 Å². The largest absolute Gasteiger partial charge is 0.480 e. The Morgan fingerprint density at radius 3 is 2.85 bits per heavy atom. The maximum Gasteiger partial charge on any atom is 0.326 e. The summed E-state index contributed by atoms with van der Waals surface area (Å²) in [5.41, 5.74) is 6.25. The molecular weight excluding hydrogens is 192 g/mol. The first kappa shape index (κ1) is 9.95. The third-order valence-corrected chi connectivity index (χ3v) is 1.89. The number of aliphatic carboxylic acids is 1. The average Bonchev–Trinajstić information content (AvgIpc) is 2.08. The molecule has 4 nitrogen and oxygen atoms in total. The number of nitrogens with zero attached hydrogens (tertiary/aromatic N) is 1. The number of hydrogen-bond acceptors (Lipinski definition) is 3. The fourth-order valence-electron chi connectivity index (χ4n) is 0.895. The van der Waals surface area contributed by atoms with Gasteiger partial charge in [0.2, 0.25) is 0 Å². The number of rotatable bonds is 2. The first-order valence-electron chi connectivity index (χ1n) is 3.64. The zero-order valence-electron chi connectivity index (χ0n) is 6.99. The maximum atomic E-state index is 10.5. The highest BCUT2D eigenvalue weighted by atomic mass is 35.5. The van der Waals surface area contributed by atoms with Crippen molar-refractivity contribution in [2.24, 2.45) is 5.73 Å². The first-order valence-corrected chi connectivity index (χ1v) is 4.01. The summed E-state index contributed by atoms with van der Waals surface area (Å²) in [4.78, 5) is 14.5. The number of carboxylic acids is 1. The molecular formula is C8H9ClN2O2. The smallest absolute Gasteiger partial charge is 0.326 e. The molecule has 1 unspecified atom stereocenters. The fourth-order valence-corrected chi connectivity index (χ4v) is 1.12. The van der Waals surface area contributed by atoms with Gasteiger partial charge in [-0.05, 0) is 19.1 Å². The fraction of sp³-hybridized carbons (Fsp3) is 0.250. The van der Waals surface area contributed by atoms with E-state index in [0.717, 1.165) is 0 Å². The van der Waals surface area contributed by atoms with Crippen LogP contribution in [0.2, 0.25) is 5.02 Å². The van der Waals surface area contributed by atoms with Gasteiger partial charge in [0, 0.05) is 5.69 Å². The number of aromatic nitrogens is 1. The summed E-state index contributed by atoms with van der Waals surface area (Å²) in [6.45, 7) is 1.74. The van der Waals surface area contributed by atoms with Gasteiger partial charge in [-0.2, -0.15) is 0 Å². The minimum absolute atomic E-state index is 0.203. The predicted octanol–water partition coefficient (Wildman–Crippen LogP) is 1.13. The highest BCUT2D eigenvalue weighted by molar-refractivity contribution is 6.31. The summed E-state index contributed by atoms with van der Waals surface area (Å²) in [5.74, 6) is -1.14. The van der Waals surface area contributed by atoms with Crippen LogP contribution < -0.4 is 5.73 Å². The van der Waals surface area contributed by atoms with Gasteiger partial charge < -0.3 is 10.8 Å². The predicted molar refractivity (Wildman–Crippen MR) is 48.5 cm³/mol. The van der Waals surface area contributed by atoms with Crippen LogP contribution in [0.4, 0.5) is 0 Å². The van der Waals surface area contributed by atoms with Gasteiger partial charge in [0.1, 0.15) is 6.04 Å². The van der Waals surface area contributed by atoms with Crippen LogP contribution in [0.25, 0.3) is 0 Å². The molecule has 0 radical (unpaired) electrons. The topological polar surface area (TPSA) is 76.2 Å². The molecule has 0 amide bonds. The minimum atomic E-state index is -1.16. The van der Waals surface area contributed by atoms with Crippen molar-refractivity contribution in [3.05, 3.63) is 28.5 Å². The molecule has 0 saturated heterocycles. The van der Waals surface area contributed by atoms with E-state index in [9.17, 15) is 4.79 Å². The van der Waals surface area contributed by atoms with E-state index in [1.165, 1.54) is 0 Å². The van der Waals surface area contributed by atoms with E-state index in [-0.39, 0.29) is 10.7 Å². The number of pyridine rings is 1. The van der Waals surface area contributed by atoms with E-state index in [1.54, 1.807) is 19.1 Å². The molecule has 0 aromatic carbocycles. The van der Waals surface area contributed by atoms with Crippen LogP contribution in [-0.4, -0.2) is 16.1 Å². The molecule has 0 aliphatic rings. The van der Waals surface area contributed by atoms with Crippen LogP contribution in [0.1, 0.15) is 17.4 Å². The minimum Gasteiger partial charge on any atom is -0.480 e. The molecule has 0 fully saturated rings. The lowest BCUT2D eigenvalue weighted by Gasteiger charge is -2.08. The molecule has 0 spiro atoms. The molecule has 1 aromatic rings. The van der Waals surface area contributed by atoms with Gasteiger partial charge >= 0.3 is 5.97 Å². The van der Waals surface area contributed by atoms with Gasteiger partial charge in [-0.1, -0.05) is 11.6 Å². The summed E-state index contributed by atoms with van der Waals surface area (Å²) >= 11 is 5.73. The Morgan fingerprint density at radius 2 is 2.31 bits per heavy atom. The van der Waals surface area contributed by atoms with Crippen LogP contribution >= 0.6 is 11.6 Å². The standard InChI is InChI=1S/C8H9ClN2O2/c1-4-2-3-5(9)7(11-4)6(10)8(12)13/h2-3,6H,10H2,1H3,(H,12,13). The quantitative estimate of drug-likeness (QED) is 0.750. The van der Waals surface area contributed by atoms with E-state index in [4.69, 9.17) is 22.4 Å². The average molecular weight is 201 g/mol. The third kappa shape index (κ3) is 2.17. The lowest BCUT2D eigenvalue weighted by Crippen LogP contribution is -2.22.